The average molecular weight is 868 g/mol. The zero-order chi connectivity index (χ0) is 45.2. The van der Waals surface area contributed by atoms with Crippen LogP contribution in [-0.2, 0) is 14.3 Å². The number of hydrogen-bond donors (Lipinski definition) is 3. The second kappa shape index (κ2) is 49.6. The number of rotatable bonds is 47. The molecular formula is C56H101NO5. The number of aliphatic hydroxyl groups excluding tert-OH is 2. The first-order valence-corrected chi connectivity index (χ1v) is 26.6. The lowest BCUT2D eigenvalue weighted by molar-refractivity contribution is -0.150. The van der Waals surface area contributed by atoms with Crippen molar-refractivity contribution >= 4 is 11.9 Å². The van der Waals surface area contributed by atoms with Gasteiger partial charge in [-0.3, -0.25) is 9.59 Å². The number of ether oxygens (including phenoxy) is 1. The van der Waals surface area contributed by atoms with E-state index in [1.807, 2.05) is 54.7 Å². The Morgan fingerprint density at radius 2 is 0.839 bits per heavy atom. The Balaban J connectivity index is 4.56. The molecule has 0 aromatic rings. The lowest BCUT2D eigenvalue weighted by Gasteiger charge is -2.24. The van der Waals surface area contributed by atoms with Crippen LogP contribution in [0.1, 0.15) is 258 Å². The van der Waals surface area contributed by atoms with Gasteiger partial charge in [-0.2, -0.15) is 0 Å². The third-order valence-electron chi connectivity index (χ3n) is 12.0. The fourth-order valence-electron chi connectivity index (χ4n) is 7.98. The van der Waals surface area contributed by atoms with Gasteiger partial charge in [0.25, 0.3) is 0 Å². The molecule has 3 atom stereocenters. The molecule has 0 saturated heterocycles. The maximum absolute atomic E-state index is 13.2. The number of esters is 1. The minimum atomic E-state index is -0.818. The lowest BCUT2D eigenvalue weighted by atomic mass is 10.0. The van der Waals surface area contributed by atoms with E-state index < -0.39 is 18.2 Å². The molecule has 0 bridgehead atoms. The van der Waals surface area contributed by atoms with E-state index in [1.165, 1.54) is 167 Å². The highest BCUT2D eigenvalue weighted by atomic mass is 16.5. The number of nitrogens with one attached hydrogen (secondary N) is 1. The van der Waals surface area contributed by atoms with E-state index in [0.717, 1.165) is 44.9 Å². The van der Waals surface area contributed by atoms with Gasteiger partial charge in [-0.1, -0.05) is 281 Å². The summed E-state index contributed by atoms with van der Waals surface area (Å²) in [6.07, 6.45) is 61.7. The topological polar surface area (TPSA) is 95.9 Å². The van der Waals surface area contributed by atoms with Gasteiger partial charge in [-0.05, 0) is 19.3 Å². The Hall–Kier alpha value is -2.44. The van der Waals surface area contributed by atoms with Crippen molar-refractivity contribution in [2.24, 2.45) is 0 Å². The fraction of sp³-hybridized carbons (Fsp3) is 0.786. The number of carbonyl (C=O) groups is 2. The van der Waals surface area contributed by atoms with Crippen LogP contribution in [0, 0.1) is 0 Å². The molecule has 6 nitrogen and oxygen atoms in total. The highest BCUT2D eigenvalue weighted by molar-refractivity contribution is 5.77. The van der Waals surface area contributed by atoms with E-state index in [9.17, 15) is 19.8 Å². The van der Waals surface area contributed by atoms with Crippen LogP contribution >= 0.6 is 0 Å². The maximum Gasteiger partial charge on any atom is 0.306 e. The van der Waals surface area contributed by atoms with Crippen LogP contribution in [0.4, 0.5) is 0 Å². The molecule has 3 unspecified atom stereocenters. The molecule has 0 aliphatic heterocycles. The predicted octanol–water partition coefficient (Wildman–Crippen LogP) is 16.0. The molecule has 62 heavy (non-hydrogen) atoms. The normalized spacial score (nSPS) is 13.7. The van der Waals surface area contributed by atoms with E-state index in [1.54, 1.807) is 0 Å². The molecule has 6 heteroatoms. The van der Waals surface area contributed by atoms with Gasteiger partial charge in [-0.15, -0.1) is 0 Å². The summed E-state index contributed by atoms with van der Waals surface area (Å²) >= 11 is 0. The van der Waals surface area contributed by atoms with Gasteiger partial charge in [0.2, 0.25) is 5.91 Å². The average Bonchev–Trinajstić information content (AvgIpc) is 3.26. The molecule has 0 radical (unpaired) electrons. The van der Waals surface area contributed by atoms with E-state index in [0.29, 0.717) is 19.3 Å². The summed E-state index contributed by atoms with van der Waals surface area (Å²) in [5.41, 5.74) is 0. The van der Waals surface area contributed by atoms with Crippen molar-refractivity contribution in [1.29, 1.82) is 0 Å². The van der Waals surface area contributed by atoms with Crippen molar-refractivity contribution < 1.29 is 24.5 Å². The first-order valence-electron chi connectivity index (χ1n) is 26.6. The first-order chi connectivity index (χ1) is 30.5. The SMILES string of the molecule is CC/C=C/C=C/C=C\C=C/C=C/CC(CC(=O)NC(CO)C(O)CCCCCCCCCCCCCCCCCC)OC(=O)CCCCCCCCCCCCCCCCCC. The van der Waals surface area contributed by atoms with Crippen LogP contribution in [-0.4, -0.2) is 46.9 Å². The number of amides is 1. The molecule has 1 amide bonds. The molecule has 0 heterocycles. The summed E-state index contributed by atoms with van der Waals surface area (Å²) in [6.45, 7) is 6.32. The minimum absolute atomic E-state index is 0.0169. The molecule has 0 aliphatic carbocycles. The fourth-order valence-corrected chi connectivity index (χ4v) is 7.98. The molecule has 3 N–H and O–H groups in total. The Morgan fingerprint density at radius 1 is 0.484 bits per heavy atom. The molecule has 0 aromatic heterocycles. The lowest BCUT2D eigenvalue weighted by Crippen LogP contribution is -2.46. The van der Waals surface area contributed by atoms with Gasteiger partial charge >= 0.3 is 5.97 Å². The van der Waals surface area contributed by atoms with E-state index in [4.69, 9.17) is 4.74 Å². The Labute approximate surface area is 384 Å². The van der Waals surface area contributed by atoms with Crippen LogP contribution in [0.3, 0.4) is 0 Å². The first kappa shape index (κ1) is 59.6. The number of hydrogen-bond acceptors (Lipinski definition) is 5. The highest BCUT2D eigenvalue weighted by Gasteiger charge is 2.23. The predicted molar refractivity (Wildman–Crippen MR) is 268 cm³/mol. The minimum Gasteiger partial charge on any atom is -0.461 e. The number of unbranched alkanes of at least 4 members (excludes halogenated alkanes) is 30. The van der Waals surface area contributed by atoms with Crippen molar-refractivity contribution in [2.45, 2.75) is 277 Å². The summed E-state index contributed by atoms with van der Waals surface area (Å²) < 4.78 is 5.85. The Kier molecular flexibility index (Phi) is 47.6. The van der Waals surface area contributed by atoms with Gasteiger partial charge in [-0.25, -0.2) is 0 Å². The van der Waals surface area contributed by atoms with Crippen LogP contribution < -0.4 is 5.32 Å². The van der Waals surface area contributed by atoms with Crippen LogP contribution in [0.2, 0.25) is 0 Å². The van der Waals surface area contributed by atoms with Crippen molar-refractivity contribution in [1.82, 2.24) is 5.32 Å². The summed E-state index contributed by atoms with van der Waals surface area (Å²) in [5, 5.41) is 23.7. The molecule has 0 saturated carbocycles. The molecule has 0 aliphatic rings. The Bertz CT molecular complexity index is 1110. The smallest absolute Gasteiger partial charge is 0.306 e. The quantitative estimate of drug-likeness (QED) is 0.0322. The monoisotopic (exact) mass is 868 g/mol. The van der Waals surface area contributed by atoms with Crippen molar-refractivity contribution in [3.05, 3.63) is 60.8 Å². The summed E-state index contributed by atoms with van der Waals surface area (Å²) in [4.78, 5) is 26.1. The summed E-state index contributed by atoms with van der Waals surface area (Å²) in [7, 11) is 0. The largest absolute Gasteiger partial charge is 0.461 e. The zero-order valence-electron chi connectivity index (χ0n) is 41.0. The van der Waals surface area contributed by atoms with E-state index in [-0.39, 0.29) is 24.9 Å². The highest BCUT2D eigenvalue weighted by Crippen LogP contribution is 2.17. The third kappa shape index (κ3) is 44.2. The van der Waals surface area contributed by atoms with E-state index >= 15 is 0 Å². The maximum atomic E-state index is 13.2. The number of allylic oxidation sites excluding steroid dienone is 9. The van der Waals surface area contributed by atoms with Gasteiger partial charge < -0.3 is 20.3 Å². The zero-order valence-corrected chi connectivity index (χ0v) is 41.0. The van der Waals surface area contributed by atoms with Crippen molar-refractivity contribution in [3.63, 3.8) is 0 Å². The molecule has 360 valence electrons. The molecule has 0 rings (SSSR count). The number of carbonyl (C=O) groups excluding carboxylic acids is 2. The van der Waals surface area contributed by atoms with Crippen molar-refractivity contribution in [3.8, 4) is 0 Å². The standard InChI is InChI=1S/C56H101NO5/c1-4-7-10-13-16-19-22-24-26-28-30-33-36-39-42-45-48-54(59)53(51-58)57-55(60)50-52(47-44-41-38-35-32-21-18-15-12-9-6-3)62-56(61)49-46-43-40-37-34-31-29-27-25-23-20-17-14-11-8-5-2/h9,12,15,18,21,32,35,38,41,44,52-54,58-59H,4-8,10-11,13-14,16-17,19-20,22-31,33-34,36-37,39-40,42-43,45-51H2,1-3H3,(H,57,60)/b12-9+,18-15+,32-21-,38-35-,44-41+. The summed E-state index contributed by atoms with van der Waals surface area (Å²) in [6, 6.07) is -0.739. The second-order valence-corrected chi connectivity index (χ2v) is 18.0. The molecular weight excluding hydrogens is 767 g/mol. The van der Waals surface area contributed by atoms with Gasteiger partial charge in [0, 0.05) is 12.8 Å². The summed E-state index contributed by atoms with van der Waals surface area (Å²) in [5.74, 6) is -0.600. The van der Waals surface area contributed by atoms with Crippen molar-refractivity contribution in [2.75, 3.05) is 6.61 Å². The van der Waals surface area contributed by atoms with Gasteiger partial charge in [0.05, 0.1) is 25.2 Å². The molecule has 0 aromatic carbocycles. The number of aliphatic hydroxyl groups is 2. The van der Waals surface area contributed by atoms with Crippen LogP contribution in [0.15, 0.2) is 60.8 Å². The molecule has 0 spiro atoms. The van der Waals surface area contributed by atoms with Gasteiger partial charge in [0.1, 0.15) is 6.10 Å². The van der Waals surface area contributed by atoms with Crippen LogP contribution in [0.5, 0.6) is 0 Å². The third-order valence-corrected chi connectivity index (χ3v) is 12.0. The van der Waals surface area contributed by atoms with E-state index in [2.05, 4.69) is 32.2 Å². The van der Waals surface area contributed by atoms with Gasteiger partial charge in [0.15, 0.2) is 0 Å². The molecule has 0 fully saturated rings. The second-order valence-electron chi connectivity index (χ2n) is 18.0. The van der Waals surface area contributed by atoms with Crippen LogP contribution in [0.25, 0.3) is 0 Å². The Morgan fingerprint density at radius 3 is 1.23 bits per heavy atom.